The molecule has 0 aliphatic heterocycles. The summed E-state index contributed by atoms with van der Waals surface area (Å²) >= 11 is 0. The Balaban J connectivity index is 2.87. The Bertz CT molecular complexity index is 262. The van der Waals surface area contributed by atoms with E-state index in [0.717, 1.165) is 5.69 Å². The van der Waals surface area contributed by atoms with Crippen molar-refractivity contribution in [1.29, 1.82) is 0 Å². The van der Waals surface area contributed by atoms with Crippen molar-refractivity contribution in [2.24, 2.45) is 9.98 Å². The van der Waals surface area contributed by atoms with Gasteiger partial charge in [0.2, 0.25) is 0 Å². The van der Waals surface area contributed by atoms with E-state index in [1.54, 1.807) is 0 Å². The van der Waals surface area contributed by atoms with Gasteiger partial charge < -0.3 is 0 Å². The van der Waals surface area contributed by atoms with Gasteiger partial charge in [-0.3, -0.25) is 0 Å². The molecular weight excluding hydrogens is 136 g/mol. The number of amidine groups is 1. The highest BCUT2D eigenvalue weighted by Crippen LogP contribution is 2.09. The van der Waals surface area contributed by atoms with Crippen LogP contribution in [0.2, 0.25) is 0 Å². The van der Waals surface area contributed by atoms with Gasteiger partial charge in [0.1, 0.15) is 5.84 Å². The van der Waals surface area contributed by atoms with Gasteiger partial charge in [-0.15, -0.1) is 0 Å². The third kappa shape index (κ3) is 2.34. The number of nitrogens with zero attached hydrogens (tertiary/aromatic N) is 2. The average molecular weight is 146 g/mol. The number of para-hydroxylation sites is 1. The molecule has 0 fully saturated rings. The zero-order valence-corrected chi connectivity index (χ0v) is 6.49. The highest BCUT2D eigenvalue weighted by molar-refractivity contribution is 5.86. The molecule has 0 spiro atoms. The average Bonchev–Trinajstić information content (AvgIpc) is 2.06. The lowest BCUT2D eigenvalue weighted by atomic mass is 10.3. The number of hydrogen-bond acceptors (Lipinski definition) is 1. The van der Waals surface area contributed by atoms with Crippen molar-refractivity contribution < 1.29 is 0 Å². The highest BCUT2D eigenvalue weighted by atomic mass is 14.9. The van der Waals surface area contributed by atoms with Crippen LogP contribution in [0.1, 0.15) is 6.92 Å². The Morgan fingerprint density at radius 1 is 1.27 bits per heavy atom. The van der Waals surface area contributed by atoms with Crippen LogP contribution in [-0.2, 0) is 0 Å². The zero-order chi connectivity index (χ0) is 8.10. The number of aliphatic imine (C=N–C) groups is 2. The Morgan fingerprint density at radius 2 is 1.91 bits per heavy atom. The Labute approximate surface area is 66.3 Å². The summed E-state index contributed by atoms with van der Waals surface area (Å²) < 4.78 is 0. The van der Waals surface area contributed by atoms with Gasteiger partial charge in [-0.25, -0.2) is 9.98 Å². The molecule has 0 atom stereocenters. The molecule has 1 aromatic carbocycles. The molecule has 0 saturated carbocycles. The SMILES string of the molecule is C=N/C(C)=N\c1ccccc1. The molecular formula is C9H10N2. The normalized spacial score (nSPS) is 11.2. The Morgan fingerprint density at radius 3 is 2.45 bits per heavy atom. The molecule has 2 nitrogen and oxygen atoms in total. The minimum atomic E-state index is 0.691. The van der Waals surface area contributed by atoms with Crippen LogP contribution in [0, 0.1) is 0 Å². The van der Waals surface area contributed by atoms with Crippen LogP contribution in [0.5, 0.6) is 0 Å². The summed E-state index contributed by atoms with van der Waals surface area (Å²) in [4.78, 5) is 7.85. The van der Waals surface area contributed by atoms with E-state index in [4.69, 9.17) is 0 Å². The molecule has 2 heteroatoms. The van der Waals surface area contributed by atoms with E-state index in [1.807, 2.05) is 37.3 Å². The molecule has 0 heterocycles. The molecule has 0 N–H and O–H groups in total. The predicted molar refractivity (Wildman–Crippen MR) is 48.8 cm³/mol. The van der Waals surface area contributed by atoms with Crippen LogP contribution in [0.4, 0.5) is 5.69 Å². The lowest BCUT2D eigenvalue weighted by Crippen LogP contribution is -1.80. The second-order valence-electron chi connectivity index (χ2n) is 2.15. The standard InChI is InChI=1S/C9H10N2/c1-8(10-2)11-9-6-4-3-5-7-9/h3-7H,2H2,1H3/b11-8-. The van der Waals surface area contributed by atoms with E-state index in [-0.39, 0.29) is 0 Å². The van der Waals surface area contributed by atoms with Crippen molar-refractivity contribution >= 4 is 18.2 Å². The van der Waals surface area contributed by atoms with Crippen LogP contribution in [-0.4, -0.2) is 12.6 Å². The van der Waals surface area contributed by atoms with Gasteiger partial charge in [0.05, 0.1) is 5.69 Å². The first-order valence-electron chi connectivity index (χ1n) is 3.40. The molecule has 11 heavy (non-hydrogen) atoms. The Kier molecular flexibility index (Phi) is 2.55. The van der Waals surface area contributed by atoms with E-state index in [0.29, 0.717) is 5.84 Å². The van der Waals surface area contributed by atoms with Crippen molar-refractivity contribution in [1.82, 2.24) is 0 Å². The van der Waals surface area contributed by atoms with Gasteiger partial charge in [-0.1, -0.05) is 18.2 Å². The van der Waals surface area contributed by atoms with Gasteiger partial charge >= 0.3 is 0 Å². The molecule has 0 saturated heterocycles. The van der Waals surface area contributed by atoms with Crippen molar-refractivity contribution in [3.63, 3.8) is 0 Å². The molecule has 56 valence electrons. The fourth-order valence-corrected chi connectivity index (χ4v) is 0.725. The third-order valence-electron chi connectivity index (χ3n) is 1.28. The van der Waals surface area contributed by atoms with Crippen LogP contribution < -0.4 is 0 Å². The molecule has 0 radical (unpaired) electrons. The third-order valence-corrected chi connectivity index (χ3v) is 1.28. The van der Waals surface area contributed by atoms with Crippen LogP contribution in [0.25, 0.3) is 0 Å². The maximum absolute atomic E-state index is 4.16. The summed E-state index contributed by atoms with van der Waals surface area (Å²) in [6.07, 6.45) is 0. The van der Waals surface area contributed by atoms with Crippen LogP contribution >= 0.6 is 0 Å². The molecule has 0 unspecified atom stereocenters. The topological polar surface area (TPSA) is 24.7 Å². The molecule has 0 aliphatic carbocycles. The first-order chi connectivity index (χ1) is 5.33. The predicted octanol–water partition coefficient (Wildman–Crippen LogP) is 2.44. The maximum Gasteiger partial charge on any atom is 0.125 e. The quantitative estimate of drug-likeness (QED) is 0.429. The highest BCUT2D eigenvalue weighted by Gasteiger charge is 1.85. The summed E-state index contributed by atoms with van der Waals surface area (Å²) in [6.45, 7) is 5.20. The van der Waals surface area contributed by atoms with Crippen molar-refractivity contribution in [3.8, 4) is 0 Å². The summed E-state index contributed by atoms with van der Waals surface area (Å²) in [6, 6.07) is 9.68. The van der Waals surface area contributed by atoms with Gasteiger partial charge in [-0.05, 0) is 25.8 Å². The van der Waals surface area contributed by atoms with Gasteiger partial charge in [0, 0.05) is 0 Å². The molecule has 1 aromatic rings. The molecule has 0 aromatic heterocycles. The summed E-state index contributed by atoms with van der Waals surface area (Å²) in [5.74, 6) is 0.691. The van der Waals surface area contributed by atoms with E-state index in [9.17, 15) is 0 Å². The van der Waals surface area contributed by atoms with Crippen molar-refractivity contribution in [2.75, 3.05) is 0 Å². The monoisotopic (exact) mass is 146 g/mol. The fourth-order valence-electron chi connectivity index (χ4n) is 0.725. The number of rotatable bonds is 1. The van der Waals surface area contributed by atoms with Crippen molar-refractivity contribution in [2.45, 2.75) is 6.92 Å². The summed E-state index contributed by atoms with van der Waals surface area (Å²) in [7, 11) is 0. The lowest BCUT2D eigenvalue weighted by Gasteiger charge is -1.91. The van der Waals surface area contributed by atoms with Crippen molar-refractivity contribution in [3.05, 3.63) is 30.3 Å². The molecule has 0 bridgehead atoms. The van der Waals surface area contributed by atoms with Gasteiger partial charge in [-0.2, -0.15) is 0 Å². The maximum atomic E-state index is 4.16. The zero-order valence-electron chi connectivity index (χ0n) is 6.49. The van der Waals surface area contributed by atoms with Crippen LogP contribution in [0.3, 0.4) is 0 Å². The second-order valence-corrected chi connectivity index (χ2v) is 2.15. The van der Waals surface area contributed by atoms with E-state index < -0.39 is 0 Å². The molecule has 0 amide bonds. The number of benzene rings is 1. The molecule has 0 aliphatic rings. The number of hydrogen-bond donors (Lipinski definition) is 0. The first kappa shape index (κ1) is 7.66. The van der Waals surface area contributed by atoms with E-state index >= 15 is 0 Å². The summed E-state index contributed by atoms with van der Waals surface area (Å²) in [5.41, 5.74) is 0.914. The van der Waals surface area contributed by atoms with Gasteiger partial charge in [0.25, 0.3) is 0 Å². The second kappa shape index (κ2) is 3.66. The van der Waals surface area contributed by atoms with E-state index in [2.05, 4.69) is 16.7 Å². The minimum Gasteiger partial charge on any atom is -0.250 e. The first-order valence-corrected chi connectivity index (χ1v) is 3.40. The minimum absolute atomic E-state index is 0.691. The molecule has 1 rings (SSSR count). The van der Waals surface area contributed by atoms with Gasteiger partial charge in [0.15, 0.2) is 0 Å². The van der Waals surface area contributed by atoms with E-state index in [1.165, 1.54) is 0 Å². The summed E-state index contributed by atoms with van der Waals surface area (Å²) in [5, 5.41) is 0. The smallest absolute Gasteiger partial charge is 0.125 e. The fraction of sp³-hybridized carbons (Fsp3) is 0.111. The Hall–Kier alpha value is -1.44. The van der Waals surface area contributed by atoms with Crippen LogP contribution in [0.15, 0.2) is 40.3 Å². The largest absolute Gasteiger partial charge is 0.250 e. The lowest BCUT2D eigenvalue weighted by molar-refractivity contribution is 1.45.